The van der Waals surface area contributed by atoms with Crippen LogP contribution in [0.25, 0.3) is 0 Å². The summed E-state index contributed by atoms with van der Waals surface area (Å²) in [4.78, 5) is 13.4. The summed E-state index contributed by atoms with van der Waals surface area (Å²) in [6, 6.07) is -0.990. The summed E-state index contributed by atoms with van der Waals surface area (Å²) in [5.41, 5.74) is 0. The zero-order valence-electron chi connectivity index (χ0n) is 55.4. The van der Waals surface area contributed by atoms with Crippen LogP contribution in [0.15, 0.2) is 60.8 Å². The number of carbonyl (C=O) groups is 1. The molecule has 1 amide bonds. The molecule has 0 radical (unpaired) electrons. The summed E-state index contributed by atoms with van der Waals surface area (Å²) >= 11 is 0. The van der Waals surface area contributed by atoms with E-state index in [-0.39, 0.29) is 18.9 Å². The molecular weight excluding hydrogens is 1150 g/mol. The highest BCUT2D eigenvalue weighted by Gasteiger charge is 2.53. The summed E-state index contributed by atoms with van der Waals surface area (Å²) in [6.07, 6.45) is 37.8. The van der Waals surface area contributed by atoms with Crippen LogP contribution in [-0.2, 0) is 33.2 Å². The van der Waals surface area contributed by atoms with E-state index in [1.54, 1.807) is 6.08 Å². The lowest BCUT2D eigenvalue weighted by Gasteiger charge is -2.48. The average molecular weight is 1280 g/mol. The van der Waals surface area contributed by atoms with Crippen molar-refractivity contribution in [3.8, 4) is 0 Å². The van der Waals surface area contributed by atoms with E-state index in [1.165, 1.54) is 148 Å². The third-order valence-electron chi connectivity index (χ3n) is 17.6. The topological polar surface area (TPSA) is 307 Å². The average Bonchev–Trinajstić information content (AvgIpc) is 0.847. The zero-order chi connectivity index (χ0) is 65.4. The third kappa shape index (κ3) is 34.2. The molecule has 17 unspecified atom stereocenters. The van der Waals surface area contributed by atoms with Gasteiger partial charge in [-0.25, -0.2) is 0 Å². The molecule has 0 spiro atoms. The Kier molecular flexibility index (Phi) is 47.9. The maximum absolute atomic E-state index is 13.4. The number of nitrogens with one attached hydrogen (secondary N) is 1. The van der Waals surface area contributed by atoms with Gasteiger partial charge in [-0.2, -0.15) is 0 Å². The van der Waals surface area contributed by atoms with Crippen LogP contribution in [0, 0.1) is 0 Å². The first-order valence-corrected chi connectivity index (χ1v) is 35.5. The van der Waals surface area contributed by atoms with Crippen LogP contribution >= 0.6 is 0 Å². The fourth-order valence-corrected chi connectivity index (χ4v) is 11.8. The number of amides is 1. The van der Waals surface area contributed by atoms with E-state index in [0.29, 0.717) is 6.42 Å². The molecule has 524 valence electrons. The predicted octanol–water partition coefficient (Wildman–Crippen LogP) is 9.55. The molecule has 3 saturated heterocycles. The number of hydrogen-bond donors (Lipinski definition) is 12. The van der Waals surface area contributed by atoms with Crippen LogP contribution in [0.5, 0.6) is 0 Å². The minimum absolute atomic E-state index is 0.213. The third-order valence-corrected chi connectivity index (χ3v) is 17.6. The van der Waals surface area contributed by atoms with Crippen molar-refractivity contribution in [2.75, 3.05) is 26.4 Å². The van der Waals surface area contributed by atoms with Gasteiger partial charge in [0, 0.05) is 6.42 Å². The molecule has 19 nitrogen and oxygen atoms in total. The zero-order valence-corrected chi connectivity index (χ0v) is 55.4. The van der Waals surface area contributed by atoms with Gasteiger partial charge in [-0.05, 0) is 57.8 Å². The molecule has 0 saturated carbocycles. The van der Waals surface area contributed by atoms with E-state index < -0.39 is 124 Å². The van der Waals surface area contributed by atoms with E-state index in [1.807, 2.05) is 6.08 Å². The Morgan fingerprint density at radius 2 is 0.767 bits per heavy atom. The second kappa shape index (κ2) is 52.7. The van der Waals surface area contributed by atoms with Gasteiger partial charge in [-0.15, -0.1) is 0 Å². The van der Waals surface area contributed by atoms with Crippen molar-refractivity contribution in [2.45, 2.75) is 356 Å². The molecule has 17 atom stereocenters. The molecule has 3 fully saturated rings. The smallest absolute Gasteiger partial charge is 0.220 e. The van der Waals surface area contributed by atoms with Crippen LogP contribution < -0.4 is 5.32 Å². The van der Waals surface area contributed by atoms with E-state index in [9.17, 15) is 61.0 Å². The molecule has 12 N–H and O–H groups in total. The predicted molar refractivity (Wildman–Crippen MR) is 351 cm³/mol. The molecule has 19 heteroatoms. The number of hydrogen-bond acceptors (Lipinski definition) is 18. The number of aliphatic hydroxyl groups is 11. The van der Waals surface area contributed by atoms with Crippen molar-refractivity contribution in [2.24, 2.45) is 0 Å². The lowest BCUT2D eigenvalue weighted by Crippen LogP contribution is -2.66. The second-order valence-electron chi connectivity index (χ2n) is 25.3. The highest BCUT2D eigenvalue weighted by molar-refractivity contribution is 5.76. The van der Waals surface area contributed by atoms with E-state index in [4.69, 9.17) is 28.4 Å². The van der Waals surface area contributed by atoms with Gasteiger partial charge in [-0.1, -0.05) is 248 Å². The molecule has 0 aromatic carbocycles. The number of aliphatic hydroxyl groups excluding tert-OH is 11. The van der Waals surface area contributed by atoms with Gasteiger partial charge in [0.05, 0.1) is 38.6 Å². The van der Waals surface area contributed by atoms with Gasteiger partial charge >= 0.3 is 0 Å². The maximum atomic E-state index is 13.4. The van der Waals surface area contributed by atoms with Crippen LogP contribution in [-0.4, -0.2) is 193 Å². The first-order chi connectivity index (χ1) is 43.8. The van der Waals surface area contributed by atoms with Crippen LogP contribution in [0.3, 0.4) is 0 Å². The minimum Gasteiger partial charge on any atom is -0.394 e. The van der Waals surface area contributed by atoms with E-state index in [2.05, 4.69) is 67.8 Å². The highest BCUT2D eigenvalue weighted by Crippen LogP contribution is 2.33. The van der Waals surface area contributed by atoms with Gasteiger partial charge in [0.1, 0.15) is 73.2 Å². The standard InChI is InChI=1S/C71H127NO18/c1-3-5-7-9-11-13-15-17-19-21-22-23-24-25-26-27-28-29-30-31-33-34-36-38-40-42-44-46-48-55(76)54(72-59(77)49-47-45-43-41-39-37-35-32-20-18-16-14-12-10-8-6-4-2)53-85-69-65(83)62(80)67(57(51-74)87-69)90-71-66(84)63(81)68(58(52-75)88-71)89-70-64(82)61(79)60(78)56(50-73)86-70/h6,8,12,14,18,20,35,37,46,48,54-58,60-71,73-76,78-84H,3-5,7,9-11,13,15-17,19,21-34,36,38-45,47,49-53H2,1-2H3,(H,72,77)/b8-6-,14-12-,20-18-,37-35-,48-46+. The van der Waals surface area contributed by atoms with Crippen LogP contribution in [0.4, 0.5) is 0 Å². The Morgan fingerprint density at radius 3 is 1.20 bits per heavy atom. The quantitative estimate of drug-likeness (QED) is 0.0199. The molecule has 3 aliphatic heterocycles. The monoisotopic (exact) mass is 1280 g/mol. The van der Waals surface area contributed by atoms with Gasteiger partial charge in [0.2, 0.25) is 5.91 Å². The number of ether oxygens (including phenoxy) is 6. The summed E-state index contributed by atoms with van der Waals surface area (Å²) in [5.74, 6) is -0.299. The van der Waals surface area contributed by atoms with Gasteiger partial charge in [0.25, 0.3) is 0 Å². The molecule has 90 heavy (non-hydrogen) atoms. The number of unbranched alkanes of at least 4 members (excludes halogenated alkanes) is 30. The molecule has 0 aromatic rings. The Balaban J connectivity index is 1.42. The summed E-state index contributed by atoms with van der Waals surface area (Å²) in [6.45, 7) is 1.61. The molecule has 0 aromatic heterocycles. The molecule has 3 rings (SSSR count). The van der Waals surface area contributed by atoms with Crippen molar-refractivity contribution in [1.82, 2.24) is 5.32 Å². The maximum Gasteiger partial charge on any atom is 0.220 e. The fraction of sp³-hybridized carbons (Fsp3) is 0.845. The van der Waals surface area contributed by atoms with Gasteiger partial charge in [-0.3, -0.25) is 4.79 Å². The SMILES string of the molecule is CC/C=C\C/C=C\C/C=C\C/C=C\CCCCCCC(=O)NC(COC1OC(CO)C(OC2OC(CO)C(OC3OC(CO)C(O)C(O)C3O)C(O)C2O)C(O)C1O)C(O)/C=C/CCCCCCCCCCCCCCCCCCCCCCCCCCCC. The van der Waals surface area contributed by atoms with Crippen LogP contribution in [0.1, 0.15) is 251 Å². The largest absolute Gasteiger partial charge is 0.394 e. The highest BCUT2D eigenvalue weighted by atomic mass is 16.8. The summed E-state index contributed by atoms with van der Waals surface area (Å²) in [7, 11) is 0. The van der Waals surface area contributed by atoms with Crippen molar-refractivity contribution >= 4 is 5.91 Å². The Bertz CT molecular complexity index is 1870. The van der Waals surface area contributed by atoms with Gasteiger partial charge in [0.15, 0.2) is 18.9 Å². The lowest BCUT2D eigenvalue weighted by molar-refractivity contribution is -0.379. The van der Waals surface area contributed by atoms with Crippen molar-refractivity contribution in [3.05, 3.63) is 60.8 Å². The molecule has 0 bridgehead atoms. The fourth-order valence-electron chi connectivity index (χ4n) is 11.8. The molecule has 3 aliphatic rings. The first kappa shape index (κ1) is 81.7. The van der Waals surface area contributed by atoms with Crippen LogP contribution in [0.2, 0.25) is 0 Å². The minimum atomic E-state index is -1.98. The van der Waals surface area contributed by atoms with E-state index >= 15 is 0 Å². The van der Waals surface area contributed by atoms with Gasteiger partial charge < -0.3 is 89.9 Å². The first-order valence-electron chi connectivity index (χ1n) is 35.5. The molecular formula is C71H127NO18. The Morgan fingerprint density at radius 1 is 0.411 bits per heavy atom. The Hall–Kier alpha value is -2.51. The lowest BCUT2D eigenvalue weighted by atomic mass is 9.96. The molecule has 3 heterocycles. The second-order valence-corrected chi connectivity index (χ2v) is 25.3. The normalized spacial score (nSPS) is 28.4. The number of allylic oxidation sites excluding steroid dienone is 9. The van der Waals surface area contributed by atoms with Crippen molar-refractivity contribution < 1.29 is 89.4 Å². The summed E-state index contributed by atoms with van der Waals surface area (Å²) < 4.78 is 34.3. The number of carbonyl (C=O) groups excluding carboxylic acids is 1. The number of rotatable bonds is 54. The summed E-state index contributed by atoms with van der Waals surface area (Å²) in [5, 5.41) is 121. The van der Waals surface area contributed by atoms with Crippen molar-refractivity contribution in [3.63, 3.8) is 0 Å². The van der Waals surface area contributed by atoms with Crippen molar-refractivity contribution in [1.29, 1.82) is 0 Å². The Labute approximate surface area is 541 Å². The van der Waals surface area contributed by atoms with E-state index in [0.717, 1.165) is 77.0 Å². The molecule has 0 aliphatic carbocycles.